The Kier molecular flexibility index (Phi) is 3.37. The number of fused-ring (bicyclic) bond motifs is 1. The zero-order valence-electron chi connectivity index (χ0n) is 11.7. The Balaban J connectivity index is 1.95. The molecule has 0 atom stereocenters. The van der Waals surface area contributed by atoms with E-state index in [1.54, 1.807) is 0 Å². The van der Waals surface area contributed by atoms with Crippen molar-refractivity contribution in [2.45, 2.75) is 26.8 Å². The predicted octanol–water partition coefficient (Wildman–Crippen LogP) is 3.71. The van der Waals surface area contributed by atoms with E-state index in [-0.39, 0.29) is 0 Å². The zero-order chi connectivity index (χ0) is 13.9. The van der Waals surface area contributed by atoms with Crippen molar-refractivity contribution in [3.63, 3.8) is 0 Å². The van der Waals surface area contributed by atoms with Crippen LogP contribution in [0.15, 0.2) is 41.1 Å². The molecule has 0 saturated carbocycles. The third-order valence-electron chi connectivity index (χ3n) is 3.42. The topological polar surface area (TPSA) is 51.0 Å². The molecule has 3 aromatic rings. The maximum Gasteiger partial charge on any atom is 0.181 e. The summed E-state index contributed by atoms with van der Waals surface area (Å²) in [6, 6.07) is 10.3. The first-order valence-corrected chi connectivity index (χ1v) is 6.79. The van der Waals surface area contributed by atoms with Crippen molar-refractivity contribution < 1.29 is 4.42 Å². The molecule has 0 aliphatic heterocycles. The molecule has 20 heavy (non-hydrogen) atoms. The third kappa shape index (κ3) is 2.37. The van der Waals surface area contributed by atoms with Crippen molar-refractivity contribution in [3.05, 3.63) is 53.9 Å². The monoisotopic (exact) mass is 267 g/mol. The van der Waals surface area contributed by atoms with Crippen molar-refractivity contribution in [3.8, 4) is 0 Å². The summed E-state index contributed by atoms with van der Waals surface area (Å²) in [5.74, 6) is 0.853. The second kappa shape index (κ2) is 5.33. The van der Waals surface area contributed by atoms with E-state index in [1.165, 1.54) is 6.39 Å². The number of nitrogens with zero attached hydrogens (tertiary/aromatic N) is 2. The molecule has 2 heterocycles. The van der Waals surface area contributed by atoms with Crippen LogP contribution in [0.2, 0.25) is 0 Å². The number of hydrogen-bond acceptors (Lipinski definition) is 4. The molecule has 0 bridgehead atoms. The molecule has 4 nitrogen and oxygen atoms in total. The summed E-state index contributed by atoms with van der Waals surface area (Å²) in [6.45, 7) is 4.69. The first-order chi connectivity index (χ1) is 9.78. The lowest BCUT2D eigenvalue weighted by atomic mass is 10.1. The summed E-state index contributed by atoms with van der Waals surface area (Å²) in [4.78, 5) is 8.85. The van der Waals surface area contributed by atoms with Gasteiger partial charge in [-0.3, -0.25) is 4.98 Å². The minimum absolute atomic E-state index is 0.652. The fraction of sp³-hybridized carbons (Fsp3) is 0.250. The molecular formula is C16H17N3O. The van der Waals surface area contributed by atoms with Gasteiger partial charge in [0.05, 0.1) is 12.1 Å². The fourth-order valence-electron chi connectivity index (χ4n) is 2.23. The van der Waals surface area contributed by atoms with Gasteiger partial charge in [-0.25, -0.2) is 4.98 Å². The number of rotatable bonds is 4. The molecule has 3 rings (SSSR count). The zero-order valence-corrected chi connectivity index (χ0v) is 11.7. The lowest BCUT2D eigenvalue weighted by Crippen LogP contribution is -2.03. The van der Waals surface area contributed by atoms with E-state index in [1.807, 2.05) is 25.1 Å². The lowest BCUT2D eigenvalue weighted by Gasteiger charge is -2.10. The number of hydrogen-bond donors (Lipinski definition) is 1. The van der Waals surface area contributed by atoms with Gasteiger partial charge in [-0.2, -0.15) is 0 Å². The molecule has 0 radical (unpaired) electrons. The number of benzene rings is 1. The van der Waals surface area contributed by atoms with Crippen LogP contribution < -0.4 is 5.32 Å². The molecule has 1 aromatic carbocycles. The highest BCUT2D eigenvalue weighted by molar-refractivity contribution is 5.91. The van der Waals surface area contributed by atoms with Crippen LogP contribution in [0.5, 0.6) is 0 Å². The molecule has 0 saturated heterocycles. The summed E-state index contributed by atoms with van der Waals surface area (Å²) < 4.78 is 5.22. The standard InChI is InChI=1S/C16H17N3O/c1-3-12-8-15(13-6-4-5-7-14(13)19-12)17-9-16-11(2)20-10-18-16/h4-8,10H,3,9H2,1-2H3,(H,17,19). The molecule has 0 aliphatic carbocycles. The summed E-state index contributed by atoms with van der Waals surface area (Å²) in [5, 5.41) is 4.57. The molecule has 4 heteroatoms. The fourth-order valence-corrected chi connectivity index (χ4v) is 2.23. The molecule has 2 aromatic heterocycles. The van der Waals surface area contributed by atoms with E-state index in [4.69, 9.17) is 4.42 Å². The number of nitrogens with one attached hydrogen (secondary N) is 1. The molecular weight excluding hydrogens is 250 g/mol. The van der Waals surface area contributed by atoms with E-state index in [2.05, 4.69) is 34.3 Å². The Bertz CT molecular complexity index is 733. The maximum atomic E-state index is 5.22. The summed E-state index contributed by atoms with van der Waals surface area (Å²) in [5.41, 5.74) is 4.13. The second-order valence-corrected chi connectivity index (χ2v) is 4.74. The van der Waals surface area contributed by atoms with Crippen LogP contribution in [0.4, 0.5) is 5.69 Å². The number of oxazole rings is 1. The van der Waals surface area contributed by atoms with Gasteiger partial charge in [0.15, 0.2) is 6.39 Å². The Hall–Kier alpha value is -2.36. The number of aromatic nitrogens is 2. The van der Waals surface area contributed by atoms with Crippen LogP contribution in [-0.2, 0) is 13.0 Å². The van der Waals surface area contributed by atoms with E-state index < -0.39 is 0 Å². The quantitative estimate of drug-likeness (QED) is 0.783. The number of anilines is 1. The molecule has 102 valence electrons. The molecule has 0 spiro atoms. The van der Waals surface area contributed by atoms with Gasteiger partial charge in [-0.15, -0.1) is 0 Å². The number of para-hydroxylation sites is 1. The van der Waals surface area contributed by atoms with Crippen LogP contribution in [0.25, 0.3) is 10.9 Å². The largest absolute Gasteiger partial charge is 0.448 e. The van der Waals surface area contributed by atoms with Gasteiger partial charge < -0.3 is 9.73 Å². The van der Waals surface area contributed by atoms with Crippen molar-refractivity contribution in [2.24, 2.45) is 0 Å². The van der Waals surface area contributed by atoms with Crippen molar-refractivity contribution >= 4 is 16.6 Å². The Morgan fingerprint density at radius 3 is 2.85 bits per heavy atom. The van der Waals surface area contributed by atoms with E-state index in [9.17, 15) is 0 Å². The minimum atomic E-state index is 0.652. The second-order valence-electron chi connectivity index (χ2n) is 4.74. The van der Waals surface area contributed by atoms with Crippen molar-refractivity contribution in [1.29, 1.82) is 0 Å². The normalized spacial score (nSPS) is 10.9. The molecule has 0 amide bonds. The summed E-state index contributed by atoms with van der Waals surface area (Å²) in [6.07, 6.45) is 2.40. The minimum Gasteiger partial charge on any atom is -0.448 e. The van der Waals surface area contributed by atoms with Crippen LogP contribution in [0.3, 0.4) is 0 Å². The molecule has 0 fully saturated rings. The van der Waals surface area contributed by atoms with Gasteiger partial charge >= 0.3 is 0 Å². The van der Waals surface area contributed by atoms with Crippen molar-refractivity contribution in [1.82, 2.24) is 9.97 Å². The van der Waals surface area contributed by atoms with Gasteiger partial charge in [0.25, 0.3) is 0 Å². The van der Waals surface area contributed by atoms with Crippen LogP contribution >= 0.6 is 0 Å². The molecule has 0 unspecified atom stereocenters. The highest BCUT2D eigenvalue weighted by atomic mass is 16.3. The average Bonchev–Trinajstić information content (AvgIpc) is 2.89. The van der Waals surface area contributed by atoms with Crippen molar-refractivity contribution in [2.75, 3.05) is 5.32 Å². The van der Waals surface area contributed by atoms with Crippen LogP contribution in [0, 0.1) is 6.92 Å². The third-order valence-corrected chi connectivity index (χ3v) is 3.42. The predicted molar refractivity (Wildman–Crippen MR) is 79.7 cm³/mol. The van der Waals surface area contributed by atoms with Gasteiger partial charge in [-0.05, 0) is 25.5 Å². The number of pyridine rings is 1. The van der Waals surface area contributed by atoms with Gasteiger partial charge in [0.1, 0.15) is 11.5 Å². The van der Waals surface area contributed by atoms with Gasteiger partial charge in [0.2, 0.25) is 0 Å². The van der Waals surface area contributed by atoms with Crippen LogP contribution in [-0.4, -0.2) is 9.97 Å². The average molecular weight is 267 g/mol. The van der Waals surface area contributed by atoms with Gasteiger partial charge in [-0.1, -0.05) is 25.1 Å². The SMILES string of the molecule is CCc1cc(NCc2ncoc2C)c2ccccc2n1. The highest BCUT2D eigenvalue weighted by Crippen LogP contribution is 2.24. The Morgan fingerprint density at radius 2 is 2.10 bits per heavy atom. The summed E-state index contributed by atoms with van der Waals surface area (Å²) >= 11 is 0. The molecule has 1 N–H and O–H groups in total. The van der Waals surface area contributed by atoms with E-state index in [0.717, 1.165) is 40.2 Å². The van der Waals surface area contributed by atoms with E-state index in [0.29, 0.717) is 6.54 Å². The Morgan fingerprint density at radius 1 is 1.25 bits per heavy atom. The van der Waals surface area contributed by atoms with Crippen LogP contribution in [0.1, 0.15) is 24.1 Å². The first-order valence-electron chi connectivity index (χ1n) is 6.79. The Labute approximate surface area is 117 Å². The highest BCUT2D eigenvalue weighted by Gasteiger charge is 2.07. The maximum absolute atomic E-state index is 5.22. The first kappa shape index (κ1) is 12.7. The van der Waals surface area contributed by atoms with Gasteiger partial charge in [0, 0.05) is 16.8 Å². The molecule has 0 aliphatic rings. The summed E-state index contributed by atoms with van der Waals surface area (Å²) in [7, 11) is 0. The lowest BCUT2D eigenvalue weighted by molar-refractivity contribution is 0.524. The smallest absolute Gasteiger partial charge is 0.181 e. The number of aryl methyl sites for hydroxylation is 2. The van der Waals surface area contributed by atoms with E-state index >= 15 is 0 Å².